The number of carbonyl (C=O) groups excluding carboxylic acids is 1. The van der Waals surface area contributed by atoms with Crippen LogP contribution in [-0.2, 0) is 32.6 Å². The van der Waals surface area contributed by atoms with Gasteiger partial charge in [-0.3, -0.25) is 9.69 Å². The van der Waals surface area contributed by atoms with Crippen molar-refractivity contribution in [1.82, 2.24) is 14.5 Å². The maximum Gasteiger partial charge on any atom is 0.243 e. The van der Waals surface area contributed by atoms with Gasteiger partial charge >= 0.3 is 0 Å². The fourth-order valence-corrected chi connectivity index (χ4v) is 4.02. The summed E-state index contributed by atoms with van der Waals surface area (Å²) in [4.78, 5) is 15.3. The molecule has 1 aliphatic rings. The third-order valence-electron chi connectivity index (χ3n) is 5.25. The van der Waals surface area contributed by atoms with E-state index in [0.717, 1.165) is 49.0 Å². The second kappa shape index (κ2) is 10.2. The van der Waals surface area contributed by atoms with Gasteiger partial charge in [0, 0.05) is 33.2 Å². The lowest BCUT2D eigenvalue weighted by Crippen LogP contribution is -2.41. The number of rotatable bonds is 8. The van der Waals surface area contributed by atoms with Crippen LogP contribution in [0.25, 0.3) is 0 Å². The molecular weight excluding hydrogens is 402 g/mol. The Hall–Kier alpha value is -2.26. The molecular formula is C22H29N3O4S. The molecule has 0 saturated carbocycles. The summed E-state index contributed by atoms with van der Waals surface area (Å²) in [5.41, 5.74) is 2.80. The SMILES string of the molecule is CN([C@H](C(=O)NCc1ccc(CN2CCOCC2)cc1)c1ccccc1)S(C)(=O)=O. The van der Waals surface area contributed by atoms with Crippen LogP contribution >= 0.6 is 0 Å². The average molecular weight is 432 g/mol. The summed E-state index contributed by atoms with van der Waals surface area (Å²) in [7, 11) is -2.12. The standard InChI is InChI=1S/C22H29N3O4S/c1-24(30(2,27)28)21(20-6-4-3-5-7-20)22(26)23-16-18-8-10-19(11-9-18)17-25-12-14-29-15-13-25/h3-11,21H,12-17H2,1-2H3,(H,23,26)/t21-/m0/s1. The molecule has 0 unspecified atom stereocenters. The van der Waals surface area contributed by atoms with Crippen molar-refractivity contribution in [2.24, 2.45) is 0 Å². The van der Waals surface area contributed by atoms with Gasteiger partial charge < -0.3 is 10.1 Å². The lowest BCUT2D eigenvalue weighted by Gasteiger charge is -2.26. The number of hydrogen-bond acceptors (Lipinski definition) is 5. The van der Waals surface area contributed by atoms with Crippen LogP contribution in [0.1, 0.15) is 22.7 Å². The first-order valence-corrected chi connectivity index (χ1v) is 11.8. The highest BCUT2D eigenvalue weighted by Crippen LogP contribution is 2.22. The summed E-state index contributed by atoms with van der Waals surface area (Å²) in [6.45, 7) is 4.63. The van der Waals surface area contributed by atoms with E-state index in [9.17, 15) is 13.2 Å². The van der Waals surface area contributed by atoms with Gasteiger partial charge in [0.2, 0.25) is 15.9 Å². The minimum Gasteiger partial charge on any atom is -0.379 e. The van der Waals surface area contributed by atoms with Gasteiger partial charge in [0.1, 0.15) is 6.04 Å². The molecule has 0 bridgehead atoms. The summed E-state index contributed by atoms with van der Waals surface area (Å²) in [5, 5.41) is 2.88. The minimum absolute atomic E-state index is 0.331. The molecule has 1 amide bonds. The highest BCUT2D eigenvalue weighted by molar-refractivity contribution is 7.88. The number of likely N-dealkylation sites (N-methyl/N-ethyl adjacent to an activating group) is 1. The van der Waals surface area contributed by atoms with Crippen molar-refractivity contribution >= 4 is 15.9 Å². The molecule has 1 aliphatic heterocycles. The fourth-order valence-electron chi connectivity index (χ4n) is 3.42. The smallest absolute Gasteiger partial charge is 0.243 e. The molecule has 0 aromatic heterocycles. The van der Waals surface area contributed by atoms with Crippen molar-refractivity contribution in [2.45, 2.75) is 19.1 Å². The van der Waals surface area contributed by atoms with Crippen molar-refractivity contribution in [1.29, 1.82) is 0 Å². The Kier molecular flexibility index (Phi) is 7.60. The number of benzene rings is 2. The third kappa shape index (κ3) is 6.12. The minimum atomic E-state index is -3.54. The molecule has 30 heavy (non-hydrogen) atoms. The van der Waals surface area contributed by atoms with Crippen LogP contribution < -0.4 is 5.32 Å². The molecule has 7 nitrogen and oxygen atoms in total. The Balaban J connectivity index is 1.63. The predicted octanol–water partition coefficient (Wildman–Crippen LogP) is 1.77. The quantitative estimate of drug-likeness (QED) is 0.689. The van der Waals surface area contributed by atoms with Crippen molar-refractivity contribution in [3.8, 4) is 0 Å². The van der Waals surface area contributed by atoms with Crippen molar-refractivity contribution in [3.05, 3.63) is 71.3 Å². The average Bonchev–Trinajstić information content (AvgIpc) is 2.74. The first-order chi connectivity index (χ1) is 14.3. The van der Waals surface area contributed by atoms with E-state index in [4.69, 9.17) is 4.74 Å². The Morgan fingerprint density at radius 2 is 1.67 bits per heavy atom. The van der Waals surface area contributed by atoms with Gasteiger partial charge in [0.25, 0.3) is 0 Å². The van der Waals surface area contributed by atoms with E-state index in [2.05, 4.69) is 22.3 Å². The van der Waals surface area contributed by atoms with Crippen LogP contribution in [0.5, 0.6) is 0 Å². The Labute approximate surface area is 178 Å². The number of morpholine rings is 1. The highest BCUT2D eigenvalue weighted by atomic mass is 32.2. The van der Waals surface area contributed by atoms with E-state index in [-0.39, 0.29) is 5.91 Å². The number of nitrogens with zero attached hydrogens (tertiary/aromatic N) is 2. The van der Waals surface area contributed by atoms with Gasteiger partial charge in [-0.15, -0.1) is 0 Å². The van der Waals surface area contributed by atoms with Crippen molar-refractivity contribution < 1.29 is 17.9 Å². The van der Waals surface area contributed by atoms with Crippen LogP contribution in [0.3, 0.4) is 0 Å². The largest absolute Gasteiger partial charge is 0.379 e. The normalized spacial score (nSPS) is 16.4. The van der Waals surface area contributed by atoms with Gasteiger partial charge in [0.15, 0.2) is 0 Å². The van der Waals surface area contributed by atoms with Crippen LogP contribution in [0.4, 0.5) is 0 Å². The van der Waals surface area contributed by atoms with E-state index < -0.39 is 16.1 Å². The van der Waals surface area contributed by atoms with Crippen molar-refractivity contribution in [2.75, 3.05) is 39.6 Å². The molecule has 3 rings (SSSR count). The van der Waals surface area contributed by atoms with E-state index in [1.165, 1.54) is 12.6 Å². The lowest BCUT2D eigenvalue weighted by atomic mass is 10.1. The summed E-state index contributed by atoms with van der Waals surface area (Å²) in [6.07, 6.45) is 1.10. The van der Waals surface area contributed by atoms with Crippen LogP contribution in [0.2, 0.25) is 0 Å². The zero-order chi connectivity index (χ0) is 21.6. The first kappa shape index (κ1) is 22.4. The zero-order valence-corrected chi connectivity index (χ0v) is 18.3. The van der Waals surface area contributed by atoms with Gasteiger partial charge in [-0.2, -0.15) is 4.31 Å². The molecule has 8 heteroatoms. The number of sulfonamides is 1. The third-order valence-corrected chi connectivity index (χ3v) is 6.51. The second-order valence-electron chi connectivity index (χ2n) is 7.52. The second-order valence-corrected chi connectivity index (χ2v) is 9.56. The highest BCUT2D eigenvalue weighted by Gasteiger charge is 2.30. The first-order valence-electron chi connectivity index (χ1n) is 9.98. The zero-order valence-electron chi connectivity index (χ0n) is 17.5. The molecule has 1 heterocycles. The van der Waals surface area contributed by atoms with Crippen LogP contribution in [-0.4, -0.2) is 63.1 Å². The van der Waals surface area contributed by atoms with E-state index >= 15 is 0 Å². The van der Waals surface area contributed by atoms with Crippen LogP contribution in [0, 0.1) is 0 Å². The molecule has 1 atom stereocenters. The van der Waals surface area contributed by atoms with Gasteiger partial charge in [-0.05, 0) is 16.7 Å². The number of ether oxygens (including phenoxy) is 1. The van der Waals surface area contributed by atoms with E-state index in [1.807, 2.05) is 18.2 Å². The Morgan fingerprint density at radius 1 is 1.07 bits per heavy atom. The number of hydrogen-bond donors (Lipinski definition) is 1. The number of nitrogens with one attached hydrogen (secondary N) is 1. The predicted molar refractivity (Wildman–Crippen MR) is 116 cm³/mol. The Bertz CT molecular complexity index is 927. The maximum absolute atomic E-state index is 12.9. The van der Waals surface area contributed by atoms with Gasteiger partial charge in [-0.1, -0.05) is 54.6 Å². The number of amides is 1. The monoisotopic (exact) mass is 431 g/mol. The summed E-state index contributed by atoms with van der Waals surface area (Å²) >= 11 is 0. The molecule has 0 radical (unpaired) electrons. The number of carbonyl (C=O) groups is 1. The lowest BCUT2D eigenvalue weighted by molar-refractivity contribution is -0.124. The molecule has 0 spiro atoms. The topological polar surface area (TPSA) is 79.0 Å². The molecule has 1 fully saturated rings. The van der Waals surface area contributed by atoms with Gasteiger partial charge in [-0.25, -0.2) is 8.42 Å². The maximum atomic E-state index is 12.9. The summed E-state index contributed by atoms with van der Waals surface area (Å²) in [6, 6.07) is 16.1. The molecule has 2 aromatic rings. The van der Waals surface area contributed by atoms with Gasteiger partial charge in [0.05, 0.1) is 19.5 Å². The molecule has 2 aromatic carbocycles. The molecule has 1 saturated heterocycles. The molecule has 162 valence electrons. The van der Waals surface area contributed by atoms with E-state index in [0.29, 0.717) is 12.1 Å². The summed E-state index contributed by atoms with van der Waals surface area (Å²) in [5.74, 6) is -0.355. The molecule has 1 N–H and O–H groups in total. The van der Waals surface area contributed by atoms with E-state index in [1.54, 1.807) is 24.3 Å². The van der Waals surface area contributed by atoms with Crippen molar-refractivity contribution in [3.63, 3.8) is 0 Å². The Morgan fingerprint density at radius 3 is 2.27 bits per heavy atom. The fraction of sp³-hybridized carbons (Fsp3) is 0.409. The van der Waals surface area contributed by atoms with Crippen LogP contribution in [0.15, 0.2) is 54.6 Å². The molecule has 0 aliphatic carbocycles. The summed E-state index contributed by atoms with van der Waals surface area (Å²) < 4.78 is 30.6.